The summed E-state index contributed by atoms with van der Waals surface area (Å²) >= 11 is 0. The summed E-state index contributed by atoms with van der Waals surface area (Å²) in [5.41, 5.74) is 0.631. The Balaban J connectivity index is 1.91. The van der Waals surface area contributed by atoms with Crippen molar-refractivity contribution in [3.05, 3.63) is 83.9 Å². The summed E-state index contributed by atoms with van der Waals surface area (Å²) in [5.74, 6) is -1.19. The van der Waals surface area contributed by atoms with Gasteiger partial charge in [0, 0.05) is 6.42 Å². The van der Waals surface area contributed by atoms with E-state index in [0.717, 1.165) is 5.56 Å². The Bertz CT molecular complexity index is 752. The zero-order chi connectivity index (χ0) is 17.0. The van der Waals surface area contributed by atoms with Crippen LogP contribution in [0.5, 0.6) is 0 Å². The average Bonchev–Trinajstić information content (AvgIpc) is 2.63. The Morgan fingerprint density at radius 2 is 1.71 bits per heavy atom. The zero-order valence-electron chi connectivity index (χ0n) is 13.2. The van der Waals surface area contributed by atoms with Gasteiger partial charge in [-0.1, -0.05) is 67.2 Å². The standard InChI is InChI=1S/C20H18O4/c1-15-12-20(18(21)23-13-15,17-10-6-3-7-11-17)19(22)24-14-16-8-4-2-5-9-16/h2-11H,1,12-14H2. The molecule has 4 nitrogen and oxygen atoms in total. The molecular formula is C20H18O4. The van der Waals surface area contributed by atoms with Crippen LogP contribution in [-0.2, 0) is 31.1 Å². The molecule has 1 fully saturated rings. The second-order valence-corrected chi connectivity index (χ2v) is 5.84. The van der Waals surface area contributed by atoms with Crippen LogP contribution in [0.2, 0.25) is 0 Å². The summed E-state index contributed by atoms with van der Waals surface area (Å²) in [5, 5.41) is 0. The van der Waals surface area contributed by atoms with Crippen LogP contribution in [0.4, 0.5) is 0 Å². The summed E-state index contributed by atoms with van der Waals surface area (Å²) in [4.78, 5) is 25.4. The fraction of sp³-hybridized carbons (Fsp3) is 0.200. The molecule has 1 aliphatic rings. The highest BCUT2D eigenvalue weighted by Crippen LogP contribution is 2.37. The molecule has 0 N–H and O–H groups in total. The van der Waals surface area contributed by atoms with Crippen molar-refractivity contribution in [1.82, 2.24) is 0 Å². The molecule has 0 aromatic heterocycles. The van der Waals surface area contributed by atoms with Gasteiger partial charge in [0.05, 0.1) is 0 Å². The van der Waals surface area contributed by atoms with Crippen LogP contribution < -0.4 is 0 Å². The molecule has 1 atom stereocenters. The van der Waals surface area contributed by atoms with Crippen molar-refractivity contribution < 1.29 is 19.1 Å². The first-order valence-corrected chi connectivity index (χ1v) is 7.73. The number of ether oxygens (including phenoxy) is 2. The van der Waals surface area contributed by atoms with E-state index in [4.69, 9.17) is 9.47 Å². The van der Waals surface area contributed by atoms with E-state index in [-0.39, 0.29) is 19.6 Å². The lowest BCUT2D eigenvalue weighted by atomic mass is 9.74. The monoisotopic (exact) mass is 322 g/mol. The molecule has 0 aliphatic carbocycles. The second-order valence-electron chi connectivity index (χ2n) is 5.84. The maximum atomic E-state index is 12.9. The number of carbonyl (C=O) groups excluding carboxylic acids is 2. The topological polar surface area (TPSA) is 52.6 Å². The van der Waals surface area contributed by atoms with Gasteiger partial charge in [-0.3, -0.25) is 9.59 Å². The van der Waals surface area contributed by atoms with E-state index in [2.05, 4.69) is 6.58 Å². The third-order valence-corrected chi connectivity index (χ3v) is 4.10. The molecule has 4 heteroatoms. The molecule has 2 aromatic rings. The van der Waals surface area contributed by atoms with Crippen LogP contribution in [0.15, 0.2) is 72.8 Å². The largest absolute Gasteiger partial charge is 0.460 e. The zero-order valence-corrected chi connectivity index (χ0v) is 13.2. The van der Waals surface area contributed by atoms with Crippen molar-refractivity contribution in [2.24, 2.45) is 0 Å². The SMILES string of the molecule is C=C1COC(=O)C(C(=O)OCc2ccccc2)(c2ccccc2)C1. The number of carbonyl (C=O) groups is 2. The molecule has 1 unspecified atom stereocenters. The fourth-order valence-corrected chi connectivity index (χ4v) is 2.85. The Morgan fingerprint density at radius 1 is 1.08 bits per heavy atom. The van der Waals surface area contributed by atoms with Crippen molar-refractivity contribution >= 4 is 11.9 Å². The summed E-state index contributed by atoms with van der Waals surface area (Å²) in [6, 6.07) is 18.2. The van der Waals surface area contributed by atoms with E-state index in [1.54, 1.807) is 24.3 Å². The maximum absolute atomic E-state index is 12.9. The van der Waals surface area contributed by atoms with Crippen LogP contribution in [0, 0.1) is 0 Å². The molecule has 2 aromatic carbocycles. The van der Waals surface area contributed by atoms with Crippen LogP contribution in [0.25, 0.3) is 0 Å². The molecule has 1 aliphatic heterocycles. The van der Waals surface area contributed by atoms with E-state index < -0.39 is 17.4 Å². The third kappa shape index (κ3) is 2.95. The number of hydrogen-bond donors (Lipinski definition) is 0. The molecule has 3 rings (SSSR count). The Kier molecular flexibility index (Phi) is 4.47. The van der Waals surface area contributed by atoms with Gasteiger partial charge in [0.2, 0.25) is 0 Å². The molecule has 0 bridgehead atoms. The minimum absolute atomic E-state index is 0.105. The van der Waals surface area contributed by atoms with E-state index in [9.17, 15) is 9.59 Å². The number of esters is 2. The van der Waals surface area contributed by atoms with E-state index in [1.807, 2.05) is 36.4 Å². The molecule has 1 heterocycles. The number of rotatable bonds is 4. The van der Waals surface area contributed by atoms with Crippen LogP contribution in [-0.4, -0.2) is 18.5 Å². The van der Waals surface area contributed by atoms with E-state index in [1.165, 1.54) is 0 Å². The maximum Gasteiger partial charge on any atom is 0.328 e. The summed E-state index contributed by atoms with van der Waals surface area (Å²) in [6.45, 7) is 4.13. The average molecular weight is 322 g/mol. The first-order chi connectivity index (χ1) is 11.6. The van der Waals surface area contributed by atoms with Crippen molar-refractivity contribution in [3.8, 4) is 0 Å². The number of hydrogen-bond acceptors (Lipinski definition) is 4. The van der Waals surface area contributed by atoms with Crippen molar-refractivity contribution in [3.63, 3.8) is 0 Å². The van der Waals surface area contributed by atoms with Gasteiger partial charge in [-0.25, -0.2) is 0 Å². The lowest BCUT2D eigenvalue weighted by molar-refractivity contribution is -0.168. The summed E-state index contributed by atoms with van der Waals surface area (Å²) in [6.07, 6.45) is 0.198. The van der Waals surface area contributed by atoms with Crippen molar-refractivity contribution in [1.29, 1.82) is 0 Å². The van der Waals surface area contributed by atoms with Crippen LogP contribution >= 0.6 is 0 Å². The highest BCUT2D eigenvalue weighted by molar-refractivity contribution is 6.07. The van der Waals surface area contributed by atoms with Gasteiger partial charge in [-0.05, 0) is 16.7 Å². The third-order valence-electron chi connectivity index (χ3n) is 4.10. The first-order valence-electron chi connectivity index (χ1n) is 7.73. The van der Waals surface area contributed by atoms with Gasteiger partial charge in [-0.15, -0.1) is 0 Å². The van der Waals surface area contributed by atoms with E-state index >= 15 is 0 Å². The molecule has 0 saturated carbocycles. The molecule has 122 valence electrons. The molecule has 0 spiro atoms. The van der Waals surface area contributed by atoms with Crippen LogP contribution in [0.1, 0.15) is 17.5 Å². The minimum atomic E-state index is -1.48. The van der Waals surface area contributed by atoms with Gasteiger partial charge in [0.25, 0.3) is 0 Å². The van der Waals surface area contributed by atoms with Crippen molar-refractivity contribution in [2.75, 3.05) is 6.61 Å². The second kappa shape index (κ2) is 6.71. The molecule has 24 heavy (non-hydrogen) atoms. The van der Waals surface area contributed by atoms with Gasteiger partial charge in [-0.2, -0.15) is 0 Å². The number of benzene rings is 2. The molecule has 0 radical (unpaired) electrons. The summed E-state index contributed by atoms with van der Waals surface area (Å²) in [7, 11) is 0. The van der Waals surface area contributed by atoms with Crippen molar-refractivity contribution in [2.45, 2.75) is 18.4 Å². The Labute approximate surface area is 140 Å². The molecule has 0 amide bonds. The first kappa shape index (κ1) is 16.0. The van der Waals surface area contributed by atoms with Crippen LogP contribution in [0.3, 0.4) is 0 Å². The summed E-state index contributed by atoms with van der Waals surface area (Å²) < 4.78 is 10.7. The highest BCUT2D eigenvalue weighted by Gasteiger charge is 2.53. The quantitative estimate of drug-likeness (QED) is 0.493. The number of cyclic esters (lactones) is 1. The lowest BCUT2D eigenvalue weighted by Crippen LogP contribution is -2.49. The van der Waals surface area contributed by atoms with E-state index in [0.29, 0.717) is 11.1 Å². The lowest BCUT2D eigenvalue weighted by Gasteiger charge is -2.34. The van der Waals surface area contributed by atoms with Gasteiger partial charge in [0.15, 0.2) is 5.41 Å². The Hall–Kier alpha value is -2.88. The predicted octanol–water partition coefficient (Wildman–Crippen LogP) is 3.17. The highest BCUT2D eigenvalue weighted by atomic mass is 16.6. The van der Waals surface area contributed by atoms with Gasteiger partial charge in [0.1, 0.15) is 13.2 Å². The van der Waals surface area contributed by atoms with Gasteiger partial charge >= 0.3 is 11.9 Å². The van der Waals surface area contributed by atoms with Gasteiger partial charge < -0.3 is 9.47 Å². The fourth-order valence-electron chi connectivity index (χ4n) is 2.85. The normalized spacial score (nSPS) is 20.3. The smallest absolute Gasteiger partial charge is 0.328 e. The predicted molar refractivity (Wildman–Crippen MR) is 89.1 cm³/mol. The minimum Gasteiger partial charge on any atom is -0.460 e. The molecular weight excluding hydrogens is 304 g/mol. The Morgan fingerprint density at radius 3 is 2.38 bits per heavy atom. The molecule has 1 saturated heterocycles.